The second-order valence-electron chi connectivity index (χ2n) is 4.61. The van der Waals surface area contributed by atoms with E-state index in [0.717, 1.165) is 13.0 Å². The molecule has 1 saturated heterocycles. The molecule has 1 aliphatic heterocycles. The number of halogens is 5. The Kier molecular flexibility index (Phi) is 3.99. The second-order valence-corrected chi connectivity index (χ2v) is 4.61. The normalized spacial score (nSPS) is 19.4. The van der Waals surface area contributed by atoms with Crippen molar-refractivity contribution < 1.29 is 26.7 Å². The quantitative estimate of drug-likeness (QED) is 0.367. The molecule has 0 N–H and O–H groups in total. The lowest BCUT2D eigenvalue weighted by molar-refractivity contribution is 0.247. The Morgan fingerprint density at radius 2 is 1.55 bits per heavy atom. The van der Waals surface area contributed by atoms with Crippen molar-refractivity contribution in [3.63, 3.8) is 0 Å². The maximum absolute atomic E-state index is 13.4. The van der Waals surface area contributed by atoms with Gasteiger partial charge in [-0.2, -0.15) is 8.78 Å². The van der Waals surface area contributed by atoms with E-state index in [1.54, 1.807) is 7.05 Å². The fraction of sp³-hybridized carbons (Fsp3) is 0.385. The van der Waals surface area contributed by atoms with Gasteiger partial charge in [-0.3, -0.25) is 4.90 Å². The van der Waals surface area contributed by atoms with Crippen molar-refractivity contribution >= 4 is 0 Å². The van der Waals surface area contributed by atoms with Crippen molar-refractivity contribution in [2.24, 2.45) is 0 Å². The van der Waals surface area contributed by atoms with Crippen molar-refractivity contribution in [2.75, 3.05) is 13.6 Å². The third kappa shape index (κ3) is 2.37. The number of likely N-dealkylation sites (tertiary alicyclic amines) is 1. The highest BCUT2D eigenvalue weighted by Crippen LogP contribution is 2.32. The van der Waals surface area contributed by atoms with Crippen LogP contribution in [0, 0.1) is 29.1 Å². The van der Waals surface area contributed by atoms with Crippen LogP contribution in [0.4, 0.5) is 22.0 Å². The molecule has 0 amide bonds. The molecule has 1 aromatic rings. The van der Waals surface area contributed by atoms with Crippen LogP contribution >= 0.6 is 0 Å². The number of benzene rings is 1. The Hall–Kier alpha value is -1.63. The number of nitrogens with zero attached hydrogens (tertiary/aromatic N) is 1. The first-order chi connectivity index (χ1) is 9.34. The van der Waals surface area contributed by atoms with Crippen LogP contribution in [0.2, 0.25) is 0 Å². The first-order valence-corrected chi connectivity index (χ1v) is 5.93. The summed E-state index contributed by atoms with van der Waals surface area (Å²) in [7, 11) is 1.75. The van der Waals surface area contributed by atoms with Crippen LogP contribution in [0.25, 0.3) is 0 Å². The third-order valence-corrected chi connectivity index (χ3v) is 3.29. The molecule has 0 aliphatic carbocycles. The van der Waals surface area contributed by atoms with Crippen LogP contribution in [0.5, 0.6) is 5.75 Å². The van der Waals surface area contributed by atoms with E-state index in [0.29, 0.717) is 6.42 Å². The molecule has 1 atom stereocenters. The van der Waals surface area contributed by atoms with Crippen LogP contribution in [-0.4, -0.2) is 24.5 Å². The van der Waals surface area contributed by atoms with E-state index in [4.69, 9.17) is 4.74 Å². The molecule has 0 radical (unpaired) electrons. The zero-order chi connectivity index (χ0) is 15.0. The molecule has 0 spiro atoms. The fourth-order valence-electron chi connectivity index (χ4n) is 2.19. The SMILES string of the molecule is C=C(Oc1c(F)c(F)c(F)c(F)c1F)[C@@H]1CCCN1C. The standard InChI is InChI=1S/C13H12F5NO/c1-6(7-4-3-5-19(7)2)20-13-11(17)9(15)8(14)10(16)12(13)18/h7H,1,3-5H2,2H3/t7-/m0/s1. The van der Waals surface area contributed by atoms with Gasteiger partial charge in [-0.05, 0) is 26.4 Å². The lowest BCUT2D eigenvalue weighted by Crippen LogP contribution is -2.29. The Bertz CT molecular complexity index is 531. The third-order valence-electron chi connectivity index (χ3n) is 3.29. The van der Waals surface area contributed by atoms with Gasteiger partial charge in [0, 0.05) is 0 Å². The van der Waals surface area contributed by atoms with Crippen molar-refractivity contribution in [3.05, 3.63) is 41.4 Å². The number of hydrogen-bond acceptors (Lipinski definition) is 2. The molecule has 2 rings (SSSR count). The van der Waals surface area contributed by atoms with Gasteiger partial charge >= 0.3 is 0 Å². The zero-order valence-corrected chi connectivity index (χ0v) is 10.7. The van der Waals surface area contributed by atoms with E-state index >= 15 is 0 Å². The van der Waals surface area contributed by atoms with Gasteiger partial charge in [0.1, 0.15) is 5.76 Å². The summed E-state index contributed by atoms with van der Waals surface area (Å²) in [5, 5.41) is 0. The summed E-state index contributed by atoms with van der Waals surface area (Å²) in [5.74, 6) is -11.6. The molecule has 0 aromatic heterocycles. The van der Waals surface area contributed by atoms with Gasteiger partial charge in [0.05, 0.1) is 6.04 Å². The Labute approximate surface area is 112 Å². The number of likely N-dealkylation sites (N-methyl/N-ethyl adjacent to an activating group) is 1. The smallest absolute Gasteiger partial charge is 0.207 e. The molecule has 1 aromatic carbocycles. The Balaban J connectivity index is 2.32. The van der Waals surface area contributed by atoms with Crippen molar-refractivity contribution in [3.8, 4) is 5.75 Å². The minimum absolute atomic E-state index is 0.0480. The average Bonchev–Trinajstić information content (AvgIpc) is 2.85. The van der Waals surface area contributed by atoms with Gasteiger partial charge < -0.3 is 4.74 Å². The van der Waals surface area contributed by atoms with Crippen molar-refractivity contribution in [1.29, 1.82) is 0 Å². The largest absolute Gasteiger partial charge is 0.454 e. The summed E-state index contributed by atoms with van der Waals surface area (Å²) in [4.78, 5) is 1.83. The maximum atomic E-state index is 13.4. The lowest BCUT2D eigenvalue weighted by Gasteiger charge is -2.22. The van der Waals surface area contributed by atoms with Crippen LogP contribution < -0.4 is 4.74 Å². The highest BCUT2D eigenvalue weighted by Gasteiger charge is 2.30. The molecule has 0 unspecified atom stereocenters. The minimum Gasteiger partial charge on any atom is -0.454 e. The van der Waals surface area contributed by atoms with Crippen LogP contribution in [0.15, 0.2) is 12.3 Å². The van der Waals surface area contributed by atoms with E-state index < -0.39 is 34.8 Å². The first kappa shape index (κ1) is 14.8. The van der Waals surface area contributed by atoms with Crippen molar-refractivity contribution in [2.45, 2.75) is 18.9 Å². The van der Waals surface area contributed by atoms with E-state index in [2.05, 4.69) is 6.58 Å². The van der Waals surface area contributed by atoms with Crippen LogP contribution in [0.1, 0.15) is 12.8 Å². The summed E-state index contributed by atoms with van der Waals surface area (Å²) >= 11 is 0. The highest BCUT2D eigenvalue weighted by atomic mass is 19.2. The number of hydrogen-bond donors (Lipinski definition) is 0. The predicted octanol–water partition coefficient (Wildman–Crippen LogP) is 3.37. The van der Waals surface area contributed by atoms with Gasteiger partial charge in [0.2, 0.25) is 34.8 Å². The highest BCUT2D eigenvalue weighted by molar-refractivity contribution is 5.31. The molecule has 7 heteroatoms. The molecule has 2 nitrogen and oxygen atoms in total. The van der Waals surface area contributed by atoms with Crippen molar-refractivity contribution in [1.82, 2.24) is 4.90 Å². The van der Waals surface area contributed by atoms with Gasteiger partial charge in [-0.1, -0.05) is 6.58 Å². The summed E-state index contributed by atoms with van der Waals surface area (Å²) in [6.45, 7) is 4.25. The molecule has 20 heavy (non-hydrogen) atoms. The average molecular weight is 293 g/mol. The fourth-order valence-corrected chi connectivity index (χ4v) is 2.19. The van der Waals surface area contributed by atoms with E-state index in [9.17, 15) is 22.0 Å². The van der Waals surface area contributed by atoms with Gasteiger partial charge in [-0.15, -0.1) is 0 Å². The first-order valence-electron chi connectivity index (χ1n) is 5.93. The zero-order valence-electron chi connectivity index (χ0n) is 10.7. The van der Waals surface area contributed by atoms with Crippen LogP contribution in [0.3, 0.4) is 0 Å². The molecule has 0 saturated carbocycles. The summed E-state index contributed by atoms with van der Waals surface area (Å²) in [6, 6.07) is -0.315. The molecular weight excluding hydrogens is 281 g/mol. The summed E-state index contributed by atoms with van der Waals surface area (Å²) < 4.78 is 70.6. The molecule has 1 heterocycles. The maximum Gasteiger partial charge on any atom is 0.207 e. The molecule has 0 bridgehead atoms. The van der Waals surface area contributed by atoms with Crippen LogP contribution in [-0.2, 0) is 0 Å². The summed E-state index contributed by atoms with van der Waals surface area (Å²) in [5.41, 5.74) is 0. The molecule has 1 fully saturated rings. The topological polar surface area (TPSA) is 12.5 Å². The van der Waals surface area contributed by atoms with E-state index in [-0.39, 0.29) is 11.8 Å². The Morgan fingerprint density at radius 3 is 2.00 bits per heavy atom. The number of rotatable bonds is 3. The van der Waals surface area contributed by atoms with Gasteiger partial charge in [-0.25, -0.2) is 13.2 Å². The van der Waals surface area contributed by atoms with Gasteiger partial charge in [0.25, 0.3) is 0 Å². The minimum atomic E-state index is -2.21. The molecular formula is C13H12F5NO. The Morgan fingerprint density at radius 1 is 1.05 bits per heavy atom. The second kappa shape index (κ2) is 5.40. The summed E-state index contributed by atoms with van der Waals surface area (Å²) in [6.07, 6.45) is 1.48. The lowest BCUT2D eigenvalue weighted by atomic mass is 10.2. The monoisotopic (exact) mass is 293 g/mol. The van der Waals surface area contributed by atoms with E-state index in [1.165, 1.54) is 0 Å². The van der Waals surface area contributed by atoms with E-state index in [1.807, 2.05) is 4.90 Å². The number of ether oxygens (including phenoxy) is 1. The predicted molar refractivity (Wildman–Crippen MR) is 61.7 cm³/mol. The van der Waals surface area contributed by atoms with Gasteiger partial charge in [0.15, 0.2) is 0 Å². The molecule has 110 valence electrons. The molecule has 1 aliphatic rings.